The molecule has 0 amide bonds. The van der Waals surface area contributed by atoms with E-state index in [1.807, 2.05) is 18.2 Å². The van der Waals surface area contributed by atoms with E-state index in [1.54, 1.807) is 13.2 Å². The standard InChI is InChI=1S/C9H11ClN4O/c1-5(15-3)9-13-12-8-4-7(10)11-6(2)14(8)9/h4-5H,1-3H3. The van der Waals surface area contributed by atoms with Gasteiger partial charge < -0.3 is 4.74 Å². The van der Waals surface area contributed by atoms with Crippen molar-refractivity contribution in [2.24, 2.45) is 0 Å². The summed E-state index contributed by atoms with van der Waals surface area (Å²) in [5, 5.41) is 8.50. The van der Waals surface area contributed by atoms with Crippen molar-refractivity contribution in [2.45, 2.75) is 20.0 Å². The maximum absolute atomic E-state index is 5.82. The van der Waals surface area contributed by atoms with Crippen molar-refractivity contribution in [1.29, 1.82) is 0 Å². The molecule has 5 nitrogen and oxygen atoms in total. The zero-order valence-corrected chi connectivity index (χ0v) is 9.49. The van der Waals surface area contributed by atoms with Crippen LogP contribution in [-0.4, -0.2) is 26.7 Å². The van der Waals surface area contributed by atoms with Crippen molar-refractivity contribution >= 4 is 17.2 Å². The molecule has 0 aliphatic carbocycles. The van der Waals surface area contributed by atoms with Gasteiger partial charge in [0.15, 0.2) is 11.5 Å². The normalized spacial score (nSPS) is 13.3. The van der Waals surface area contributed by atoms with Crippen LogP contribution < -0.4 is 0 Å². The second-order valence-corrected chi connectivity index (χ2v) is 3.64. The Bertz CT molecular complexity index is 496. The zero-order valence-electron chi connectivity index (χ0n) is 8.73. The number of nitrogens with zero attached hydrogens (tertiary/aromatic N) is 4. The van der Waals surface area contributed by atoms with Crippen LogP contribution in [-0.2, 0) is 4.74 Å². The second-order valence-electron chi connectivity index (χ2n) is 3.26. The number of hydrogen-bond donors (Lipinski definition) is 0. The molecule has 6 heteroatoms. The monoisotopic (exact) mass is 226 g/mol. The number of ether oxygens (including phenoxy) is 1. The average Bonchev–Trinajstić information content (AvgIpc) is 2.60. The van der Waals surface area contributed by atoms with Crippen LogP contribution in [0.1, 0.15) is 24.7 Å². The third-order valence-electron chi connectivity index (χ3n) is 2.27. The van der Waals surface area contributed by atoms with Crippen LogP contribution in [0.4, 0.5) is 0 Å². The van der Waals surface area contributed by atoms with Crippen molar-refractivity contribution in [2.75, 3.05) is 7.11 Å². The van der Waals surface area contributed by atoms with Crippen molar-refractivity contribution in [3.05, 3.63) is 22.9 Å². The molecule has 0 spiro atoms. The van der Waals surface area contributed by atoms with E-state index in [1.165, 1.54) is 0 Å². The smallest absolute Gasteiger partial charge is 0.167 e. The highest BCUT2D eigenvalue weighted by atomic mass is 35.5. The Labute approximate surface area is 92.1 Å². The van der Waals surface area contributed by atoms with Crippen molar-refractivity contribution in [3.63, 3.8) is 0 Å². The highest BCUT2D eigenvalue weighted by Crippen LogP contribution is 2.18. The van der Waals surface area contributed by atoms with Gasteiger partial charge in [-0.2, -0.15) is 0 Å². The number of halogens is 1. The Kier molecular flexibility index (Phi) is 2.58. The fourth-order valence-corrected chi connectivity index (χ4v) is 1.67. The molecule has 1 atom stereocenters. The van der Waals surface area contributed by atoms with Gasteiger partial charge in [-0.25, -0.2) is 4.98 Å². The van der Waals surface area contributed by atoms with E-state index >= 15 is 0 Å². The summed E-state index contributed by atoms with van der Waals surface area (Å²) in [7, 11) is 1.63. The van der Waals surface area contributed by atoms with E-state index in [4.69, 9.17) is 16.3 Å². The van der Waals surface area contributed by atoms with E-state index in [2.05, 4.69) is 15.2 Å². The average molecular weight is 227 g/mol. The Morgan fingerprint density at radius 3 is 2.87 bits per heavy atom. The molecule has 80 valence electrons. The molecule has 0 radical (unpaired) electrons. The molecule has 0 fully saturated rings. The zero-order chi connectivity index (χ0) is 11.0. The van der Waals surface area contributed by atoms with Gasteiger partial charge in [-0.3, -0.25) is 4.40 Å². The van der Waals surface area contributed by atoms with Crippen LogP contribution in [0.15, 0.2) is 6.07 Å². The van der Waals surface area contributed by atoms with Gasteiger partial charge in [0.2, 0.25) is 0 Å². The Balaban J connectivity index is 2.69. The molecular formula is C9H11ClN4O. The van der Waals surface area contributed by atoms with Crippen LogP contribution in [0.5, 0.6) is 0 Å². The molecule has 0 bridgehead atoms. The first-order valence-corrected chi connectivity index (χ1v) is 4.92. The fourth-order valence-electron chi connectivity index (χ4n) is 1.45. The molecule has 0 aromatic carbocycles. The number of aromatic nitrogens is 4. The molecule has 0 aliphatic heterocycles. The lowest BCUT2D eigenvalue weighted by atomic mass is 10.4. The maximum Gasteiger partial charge on any atom is 0.167 e. The number of fused-ring (bicyclic) bond motifs is 1. The molecule has 0 saturated carbocycles. The molecule has 2 aromatic heterocycles. The van der Waals surface area contributed by atoms with Crippen molar-refractivity contribution < 1.29 is 4.74 Å². The molecule has 0 N–H and O–H groups in total. The SMILES string of the molecule is COC(C)c1nnc2cc(Cl)nc(C)n12. The lowest BCUT2D eigenvalue weighted by Gasteiger charge is -2.08. The van der Waals surface area contributed by atoms with Gasteiger partial charge in [0.05, 0.1) is 0 Å². The third kappa shape index (κ3) is 1.68. The van der Waals surface area contributed by atoms with E-state index in [0.717, 1.165) is 11.6 Å². The van der Waals surface area contributed by atoms with Crippen LogP contribution in [0, 0.1) is 6.92 Å². The molecule has 2 aromatic rings. The predicted octanol–water partition coefficient (Wildman–Crippen LogP) is 1.79. The first kappa shape index (κ1) is 10.3. The summed E-state index contributed by atoms with van der Waals surface area (Å²) in [5.74, 6) is 1.48. The predicted molar refractivity (Wildman–Crippen MR) is 56.0 cm³/mol. The van der Waals surface area contributed by atoms with E-state index in [0.29, 0.717) is 10.8 Å². The van der Waals surface area contributed by atoms with E-state index in [9.17, 15) is 0 Å². The molecule has 0 aliphatic rings. The van der Waals surface area contributed by atoms with E-state index in [-0.39, 0.29) is 6.10 Å². The van der Waals surface area contributed by atoms with Gasteiger partial charge in [-0.1, -0.05) is 11.6 Å². The van der Waals surface area contributed by atoms with Gasteiger partial charge in [0.1, 0.15) is 17.1 Å². The van der Waals surface area contributed by atoms with Crippen molar-refractivity contribution in [1.82, 2.24) is 19.6 Å². The Morgan fingerprint density at radius 1 is 1.47 bits per heavy atom. The van der Waals surface area contributed by atoms with Gasteiger partial charge in [-0.05, 0) is 13.8 Å². The molecule has 0 saturated heterocycles. The summed E-state index contributed by atoms with van der Waals surface area (Å²) in [6.45, 7) is 3.76. The molecule has 1 unspecified atom stereocenters. The number of aryl methyl sites for hydroxylation is 1. The first-order valence-electron chi connectivity index (χ1n) is 4.54. The molecule has 15 heavy (non-hydrogen) atoms. The van der Waals surface area contributed by atoms with Crippen LogP contribution >= 0.6 is 11.6 Å². The lowest BCUT2D eigenvalue weighted by molar-refractivity contribution is 0.111. The molecule has 2 heterocycles. The topological polar surface area (TPSA) is 52.3 Å². The fraction of sp³-hybridized carbons (Fsp3) is 0.444. The van der Waals surface area contributed by atoms with Crippen LogP contribution in [0.2, 0.25) is 5.15 Å². The molecular weight excluding hydrogens is 216 g/mol. The van der Waals surface area contributed by atoms with E-state index < -0.39 is 0 Å². The summed E-state index contributed by atoms with van der Waals surface area (Å²) in [5.41, 5.74) is 0.686. The van der Waals surface area contributed by atoms with Gasteiger partial charge in [-0.15, -0.1) is 10.2 Å². The van der Waals surface area contributed by atoms with Crippen molar-refractivity contribution in [3.8, 4) is 0 Å². The Morgan fingerprint density at radius 2 is 2.20 bits per heavy atom. The van der Waals surface area contributed by atoms with Crippen LogP contribution in [0.25, 0.3) is 5.65 Å². The minimum Gasteiger partial charge on any atom is -0.374 e. The third-order valence-corrected chi connectivity index (χ3v) is 2.46. The number of rotatable bonds is 2. The van der Waals surface area contributed by atoms with Gasteiger partial charge in [0, 0.05) is 13.2 Å². The van der Waals surface area contributed by atoms with Gasteiger partial charge in [0.25, 0.3) is 0 Å². The minimum atomic E-state index is -0.123. The highest BCUT2D eigenvalue weighted by Gasteiger charge is 2.15. The first-order chi connectivity index (χ1) is 7.13. The number of methoxy groups -OCH3 is 1. The summed E-state index contributed by atoms with van der Waals surface area (Å²) >= 11 is 5.82. The number of hydrogen-bond acceptors (Lipinski definition) is 4. The van der Waals surface area contributed by atoms with Crippen LogP contribution in [0.3, 0.4) is 0 Å². The lowest BCUT2D eigenvalue weighted by Crippen LogP contribution is -2.06. The second kappa shape index (κ2) is 3.75. The Hall–Kier alpha value is -1.20. The largest absolute Gasteiger partial charge is 0.374 e. The summed E-state index contributed by atoms with van der Waals surface area (Å²) in [6.07, 6.45) is -0.123. The van der Waals surface area contributed by atoms with Gasteiger partial charge >= 0.3 is 0 Å². The maximum atomic E-state index is 5.82. The quantitative estimate of drug-likeness (QED) is 0.733. The molecule has 2 rings (SSSR count). The summed E-state index contributed by atoms with van der Waals surface area (Å²) < 4.78 is 7.04. The summed E-state index contributed by atoms with van der Waals surface area (Å²) in [4.78, 5) is 4.14. The summed E-state index contributed by atoms with van der Waals surface area (Å²) in [6, 6.07) is 1.67. The minimum absolute atomic E-state index is 0.123. The highest BCUT2D eigenvalue weighted by molar-refractivity contribution is 6.29.